The zero-order valence-corrected chi connectivity index (χ0v) is 13.9. The van der Waals surface area contributed by atoms with E-state index < -0.39 is 0 Å². The summed E-state index contributed by atoms with van der Waals surface area (Å²) in [6.45, 7) is 4.50. The minimum absolute atomic E-state index is 0.115. The second-order valence-electron chi connectivity index (χ2n) is 5.15. The maximum atomic E-state index is 6.34. The van der Waals surface area contributed by atoms with Crippen molar-refractivity contribution in [3.8, 4) is 5.75 Å². The Morgan fingerprint density at radius 1 is 1.32 bits per heavy atom. The average Bonchev–Trinajstić information content (AvgIpc) is 2.43. The van der Waals surface area contributed by atoms with Crippen LogP contribution in [-0.4, -0.2) is 7.11 Å². The van der Waals surface area contributed by atoms with Crippen LogP contribution in [0, 0.1) is 5.92 Å². The number of hydrogen-bond donors (Lipinski definition) is 1. The van der Waals surface area contributed by atoms with Gasteiger partial charge in [0, 0.05) is 6.04 Å². The van der Waals surface area contributed by atoms with Crippen molar-refractivity contribution in [1.29, 1.82) is 0 Å². The van der Waals surface area contributed by atoms with E-state index in [0.717, 1.165) is 22.6 Å². The summed E-state index contributed by atoms with van der Waals surface area (Å²) in [6, 6.07) is 6.24. The molecule has 1 aromatic carbocycles. The van der Waals surface area contributed by atoms with Gasteiger partial charge < -0.3 is 10.5 Å². The lowest BCUT2D eigenvalue weighted by Crippen LogP contribution is -2.15. The summed E-state index contributed by atoms with van der Waals surface area (Å²) in [5.41, 5.74) is 7.52. The lowest BCUT2D eigenvalue weighted by atomic mass is 9.89. The third-order valence-electron chi connectivity index (χ3n) is 3.73. The van der Waals surface area contributed by atoms with Crippen LogP contribution in [0.25, 0.3) is 0 Å². The molecule has 0 aliphatic rings. The SMILES string of the molecule is CCCCC(CC)CC(N)c1ccc(OC)c(Br)c1. The molecule has 0 bridgehead atoms. The van der Waals surface area contributed by atoms with Gasteiger partial charge in [-0.15, -0.1) is 0 Å². The Labute approximate surface area is 125 Å². The summed E-state index contributed by atoms with van der Waals surface area (Å²) >= 11 is 3.52. The molecule has 2 N–H and O–H groups in total. The van der Waals surface area contributed by atoms with Gasteiger partial charge in [-0.25, -0.2) is 0 Å². The van der Waals surface area contributed by atoms with E-state index in [1.807, 2.05) is 6.07 Å². The van der Waals surface area contributed by atoms with E-state index >= 15 is 0 Å². The molecule has 19 heavy (non-hydrogen) atoms. The molecule has 2 unspecified atom stereocenters. The van der Waals surface area contributed by atoms with E-state index in [0.29, 0.717) is 0 Å². The molecule has 0 aliphatic carbocycles. The van der Waals surface area contributed by atoms with E-state index in [1.165, 1.54) is 31.2 Å². The van der Waals surface area contributed by atoms with Crippen LogP contribution in [0.2, 0.25) is 0 Å². The fourth-order valence-electron chi connectivity index (χ4n) is 2.39. The fraction of sp³-hybridized carbons (Fsp3) is 0.625. The van der Waals surface area contributed by atoms with Crippen LogP contribution in [0.1, 0.15) is 57.6 Å². The van der Waals surface area contributed by atoms with Crippen molar-refractivity contribution >= 4 is 15.9 Å². The van der Waals surface area contributed by atoms with Crippen LogP contribution >= 0.6 is 15.9 Å². The predicted molar refractivity (Wildman–Crippen MR) is 85.5 cm³/mol. The largest absolute Gasteiger partial charge is 0.496 e. The Bertz CT molecular complexity index is 381. The summed E-state index contributed by atoms with van der Waals surface area (Å²) in [7, 11) is 1.68. The maximum absolute atomic E-state index is 6.34. The molecule has 2 atom stereocenters. The molecule has 2 nitrogen and oxygen atoms in total. The minimum atomic E-state index is 0.115. The molecule has 3 heteroatoms. The molecule has 0 saturated heterocycles. The van der Waals surface area contributed by atoms with Crippen molar-refractivity contribution in [2.24, 2.45) is 11.7 Å². The van der Waals surface area contributed by atoms with Crippen molar-refractivity contribution in [3.05, 3.63) is 28.2 Å². The van der Waals surface area contributed by atoms with Crippen LogP contribution in [0.3, 0.4) is 0 Å². The Balaban J connectivity index is 2.65. The summed E-state index contributed by atoms with van der Waals surface area (Å²) in [5, 5.41) is 0. The Morgan fingerprint density at radius 3 is 2.58 bits per heavy atom. The van der Waals surface area contributed by atoms with Gasteiger partial charge in [0.2, 0.25) is 0 Å². The highest BCUT2D eigenvalue weighted by molar-refractivity contribution is 9.10. The molecule has 1 aromatic rings. The van der Waals surface area contributed by atoms with Gasteiger partial charge >= 0.3 is 0 Å². The van der Waals surface area contributed by atoms with E-state index in [9.17, 15) is 0 Å². The summed E-state index contributed by atoms with van der Waals surface area (Å²) < 4.78 is 6.22. The quantitative estimate of drug-likeness (QED) is 0.723. The molecular weight excluding hydrogens is 302 g/mol. The van der Waals surface area contributed by atoms with Crippen molar-refractivity contribution < 1.29 is 4.74 Å². The highest BCUT2D eigenvalue weighted by Gasteiger charge is 2.14. The average molecular weight is 328 g/mol. The molecule has 0 spiro atoms. The number of rotatable bonds is 8. The first kappa shape index (κ1) is 16.5. The smallest absolute Gasteiger partial charge is 0.133 e. The maximum Gasteiger partial charge on any atom is 0.133 e. The molecule has 0 saturated carbocycles. The van der Waals surface area contributed by atoms with E-state index in [-0.39, 0.29) is 6.04 Å². The van der Waals surface area contributed by atoms with Gasteiger partial charge in [-0.2, -0.15) is 0 Å². The number of ether oxygens (including phenoxy) is 1. The molecular formula is C16H26BrNO. The van der Waals surface area contributed by atoms with Gasteiger partial charge in [0.05, 0.1) is 11.6 Å². The second-order valence-corrected chi connectivity index (χ2v) is 6.01. The molecule has 0 aliphatic heterocycles. The van der Waals surface area contributed by atoms with Gasteiger partial charge in [-0.3, -0.25) is 0 Å². The first-order valence-electron chi connectivity index (χ1n) is 7.21. The van der Waals surface area contributed by atoms with Gasteiger partial charge in [0.1, 0.15) is 5.75 Å². The van der Waals surface area contributed by atoms with Crippen LogP contribution in [0.4, 0.5) is 0 Å². The van der Waals surface area contributed by atoms with Crippen LogP contribution in [0.5, 0.6) is 5.75 Å². The number of halogens is 1. The highest BCUT2D eigenvalue weighted by Crippen LogP contribution is 2.30. The third-order valence-corrected chi connectivity index (χ3v) is 4.35. The van der Waals surface area contributed by atoms with Crippen LogP contribution < -0.4 is 10.5 Å². The van der Waals surface area contributed by atoms with Gasteiger partial charge in [0.25, 0.3) is 0 Å². The van der Waals surface area contributed by atoms with Crippen molar-refractivity contribution in [2.45, 2.75) is 52.0 Å². The lowest BCUT2D eigenvalue weighted by Gasteiger charge is -2.20. The lowest BCUT2D eigenvalue weighted by molar-refractivity contribution is 0.387. The Hall–Kier alpha value is -0.540. The van der Waals surface area contributed by atoms with Crippen LogP contribution in [0.15, 0.2) is 22.7 Å². The summed E-state index contributed by atoms with van der Waals surface area (Å²) in [5.74, 6) is 1.59. The van der Waals surface area contributed by atoms with E-state index in [1.54, 1.807) is 7.11 Å². The van der Waals surface area contributed by atoms with Crippen molar-refractivity contribution in [1.82, 2.24) is 0 Å². The molecule has 0 amide bonds. The summed E-state index contributed by atoms with van der Waals surface area (Å²) in [6.07, 6.45) is 6.13. The number of hydrogen-bond acceptors (Lipinski definition) is 2. The molecule has 0 heterocycles. The number of methoxy groups -OCH3 is 1. The normalized spacial score (nSPS) is 14.2. The van der Waals surface area contributed by atoms with E-state index in [4.69, 9.17) is 10.5 Å². The molecule has 108 valence electrons. The minimum Gasteiger partial charge on any atom is -0.496 e. The van der Waals surface area contributed by atoms with Gasteiger partial charge in [-0.05, 0) is 46.0 Å². The predicted octanol–water partition coefficient (Wildman–Crippen LogP) is 5.06. The summed E-state index contributed by atoms with van der Waals surface area (Å²) in [4.78, 5) is 0. The second kappa shape index (κ2) is 8.60. The van der Waals surface area contributed by atoms with Crippen molar-refractivity contribution in [2.75, 3.05) is 7.11 Å². The highest BCUT2D eigenvalue weighted by atomic mass is 79.9. The third kappa shape index (κ3) is 5.15. The standard InChI is InChI=1S/C16H26BrNO/c1-4-6-7-12(5-2)10-15(18)13-8-9-16(19-3)14(17)11-13/h8-9,11-12,15H,4-7,10,18H2,1-3H3. The molecule has 0 radical (unpaired) electrons. The first-order valence-corrected chi connectivity index (χ1v) is 8.00. The van der Waals surface area contributed by atoms with Gasteiger partial charge in [0.15, 0.2) is 0 Å². The monoisotopic (exact) mass is 327 g/mol. The molecule has 0 aromatic heterocycles. The Morgan fingerprint density at radius 2 is 2.05 bits per heavy atom. The topological polar surface area (TPSA) is 35.2 Å². The zero-order valence-electron chi connectivity index (χ0n) is 12.3. The number of nitrogens with two attached hydrogens (primary N) is 1. The first-order chi connectivity index (χ1) is 9.12. The van der Waals surface area contributed by atoms with Crippen molar-refractivity contribution in [3.63, 3.8) is 0 Å². The number of benzene rings is 1. The van der Waals surface area contributed by atoms with E-state index in [2.05, 4.69) is 41.9 Å². The molecule has 0 fully saturated rings. The molecule has 1 rings (SSSR count). The Kier molecular flexibility index (Phi) is 7.47. The fourth-order valence-corrected chi connectivity index (χ4v) is 2.95. The van der Waals surface area contributed by atoms with Crippen LogP contribution in [-0.2, 0) is 0 Å². The van der Waals surface area contributed by atoms with Gasteiger partial charge in [-0.1, -0.05) is 45.6 Å². The zero-order chi connectivity index (χ0) is 14.3. The number of unbranched alkanes of at least 4 members (excludes halogenated alkanes) is 1.